The van der Waals surface area contributed by atoms with Gasteiger partial charge in [0, 0.05) is 23.1 Å². The molecule has 3 nitrogen and oxygen atoms in total. The summed E-state index contributed by atoms with van der Waals surface area (Å²) < 4.78 is 0. The number of hydrogen-bond acceptors (Lipinski definition) is 3. The van der Waals surface area contributed by atoms with Gasteiger partial charge in [0.25, 0.3) is 0 Å². The van der Waals surface area contributed by atoms with Gasteiger partial charge in [-0.25, -0.2) is 0 Å². The van der Waals surface area contributed by atoms with Crippen LogP contribution in [0.2, 0.25) is 0 Å². The summed E-state index contributed by atoms with van der Waals surface area (Å²) in [7, 11) is 0. The molecule has 1 fully saturated rings. The van der Waals surface area contributed by atoms with Gasteiger partial charge >= 0.3 is 0 Å². The second-order valence-electron chi connectivity index (χ2n) is 5.36. The van der Waals surface area contributed by atoms with Gasteiger partial charge in [-0.2, -0.15) is 11.8 Å². The van der Waals surface area contributed by atoms with Gasteiger partial charge in [-0.3, -0.25) is 4.79 Å². The fraction of sp³-hybridized carbons (Fsp3) is 0.562. The zero-order chi connectivity index (χ0) is 14.2. The number of thioether (sulfide) groups is 1. The van der Waals surface area contributed by atoms with Crippen LogP contribution in [0.1, 0.15) is 44.1 Å². The van der Waals surface area contributed by atoms with E-state index in [4.69, 9.17) is 5.73 Å². The van der Waals surface area contributed by atoms with E-state index in [-0.39, 0.29) is 18.3 Å². The van der Waals surface area contributed by atoms with Crippen molar-refractivity contribution in [3.05, 3.63) is 29.8 Å². The molecule has 0 bridgehead atoms. The minimum absolute atomic E-state index is 0. The molecule has 1 aromatic rings. The van der Waals surface area contributed by atoms with Crippen LogP contribution >= 0.6 is 24.2 Å². The lowest BCUT2D eigenvalue weighted by molar-refractivity contribution is -0.116. The van der Waals surface area contributed by atoms with Crippen molar-refractivity contribution in [1.82, 2.24) is 0 Å². The fourth-order valence-electron chi connectivity index (χ4n) is 2.49. The van der Waals surface area contributed by atoms with Crippen LogP contribution in [0.15, 0.2) is 24.3 Å². The molecule has 0 atom stereocenters. The van der Waals surface area contributed by atoms with Gasteiger partial charge in [-0.15, -0.1) is 12.4 Å². The van der Waals surface area contributed by atoms with Gasteiger partial charge in [-0.05, 0) is 43.5 Å². The van der Waals surface area contributed by atoms with Crippen LogP contribution in [0.25, 0.3) is 0 Å². The Bertz CT molecular complexity index is 436. The number of hydrogen-bond donors (Lipinski definition) is 2. The predicted octanol–water partition coefficient (Wildman–Crippen LogP) is 3.96. The summed E-state index contributed by atoms with van der Waals surface area (Å²) in [5, 5.41) is 3.77. The van der Waals surface area contributed by atoms with Gasteiger partial charge in [0.15, 0.2) is 0 Å². The summed E-state index contributed by atoms with van der Waals surface area (Å²) in [6, 6.07) is 8.19. The number of anilines is 1. The first kappa shape index (κ1) is 18.3. The molecule has 21 heavy (non-hydrogen) atoms. The van der Waals surface area contributed by atoms with E-state index in [2.05, 4.69) is 17.4 Å². The monoisotopic (exact) mass is 328 g/mol. The minimum Gasteiger partial charge on any atom is -0.330 e. The number of benzene rings is 1. The highest BCUT2D eigenvalue weighted by molar-refractivity contribution is 7.99. The topological polar surface area (TPSA) is 55.1 Å². The Morgan fingerprint density at radius 1 is 1.33 bits per heavy atom. The molecule has 1 aliphatic rings. The van der Waals surface area contributed by atoms with Crippen LogP contribution in [-0.2, 0) is 10.5 Å². The van der Waals surface area contributed by atoms with Crippen LogP contribution in [0.5, 0.6) is 0 Å². The fourth-order valence-corrected chi connectivity index (χ4v) is 3.77. The number of rotatable bonds is 7. The van der Waals surface area contributed by atoms with Gasteiger partial charge in [-0.1, -0.05) is 25.0 Å². The Labute approximate surface area is 137 Å². The van der Waals surface area contributed by atoms with Gasteiger partial charge in [0.05, 0.1) is 0 Å². The molecule has 0 radical (unpaired) electrons. The van der Waals surface area contributed by atoms with Crippen molar-refractivity contribution in [2.24, 2.45) is 5.73 Å². The van der Waals surface area contributed by atoms with Crippen molar-refractivity contribution in [3.63, 3.8) is 0 Å². The van der Waals surface area contributed by atoms with Gasteiger partial charge in [0.2, 0.25) is 5.91 Å². The maximum Gasteiger partial charge on any atom is 0.224 e. The largest absolute Gasteiger partial charge is 0.330 e. The van der Waals surface area contributed by atoms with Crippen molar-refractivity contribution < 1.29 is 4.79 Å². The zero-order valence-corrected chi connectivity index (χ0v) is 14.0. The molecule has 5 heteroatoms. The SMILES string of the molecule is Cl.NCCCC(=O)Nc1cccc(CSC2CCCC2)c1. The third-order valence-corrected chi connectivity index (χ3v) is 5.05. The van der Waals surface area contributed by atoms with Crippen molar-refractivity contribution in [2.75, 3.05) is 11.9 Å². The Morgan fingerprint density at radius 2 is 2.10 bits per heavy atom. The molecule has 1 aromatic carbocycles. The van der Waals surface area contributed by atoms with Crippen LogP contribution < -0.4 is 11.1 Å². The first-order valence-corrected chi connectivity index (χ1v) is 8.53. The Hall–Kier alpha value is -0.710. The standard InChI is InChI=1S/C16H24N2OS.ClH/c17-10-4-9-16(19)18-14-6-3-5-13(11-14)12-20-15-7-1-2-8-15;/h3,5-6,11,15H,1-2,4,7-10,12,17H2,(H,18,19);1H. The number of carbonyl (C=O) groups is 1. The van der Waals surface area contributed by atoms with E-state index in [1.54, 1.807) is 0 Å². The van der Waals surface area contributed by atoms with Crippen LogP contribution in [0.4, 0.5) is 5.69 Å². The lowest BCUT2D eigenvalue weighted by atomic mass is 10.2. The Morgan fingerprint density at radius 3 is 2.81 bits per heavy atom. The third kappa shape index (κ3) is 6.72. The first-order chi connectivity index (χ1) is 9.78. The van der Waals surface area contributed by atoms with Crippen molar-refractivity contribution in [3.8, 4) is 0 Å². The van der Waals surface area contributed by atoms with Crippen LogP contribution in [0.3, 0.4) is 0 Å². The van der Waals surface area contributed by atoms with E-state index in [0.717, 1.165) is 23.1 Å². The smallest absolute Gasteiger partial charge is 0.224 e. The normalized spacial score (nSPS) is 14.7. The number of nitrogens with one attached hydrogen (secondary N) is 1. The number of nitrogens with two attached hydrogens (primary N) is 1. The van der Waals surface area contributed by atoms with E-state index in [1.165, 1.54) is 31.2 Å². The molecule has 0 heterocycles. The molecule has 0 spiro atoms. The molecule has 1 aliphatic carbocycles. The molecule has 1 amide bonds. The summed E-state index contributed by atoms with van der Waals surface area (Å²) in [5.74, 6) is 1.09. The molecular weight excluding hydrogens is 304 g/mol. The quantitative estimate of drug-likeness (QED) is 0.796. The average molecular weight is 329 g/mol. The summed E-state index contributed by atoms with van der Waals surface area (Å²) in [6.07, 6.45) is 6.73. The highest BCUT2D eigenvalue weighted by atomic mass is 35.5. The maximum atomic E-state index is 11.7. The average Bonchev–Trinajstić information content (AvgIpc) is 2.97. The molecule has 0 aliphatic heterocycles. The summed E-state index contributed by atoms with van der Waals surface area (Å²) >= 11 is 2.05. The minimum atomic E-state index is 0. The summed E-state index contributed by atoms with van der Waals surface area (Å²) in [5.41, 5.74) is 7.60. The number of carbonyl (C=O) groups excluding carboxylic acids is 1. The predicted molar refractivity (Wildman–Crippen MR) is 94.2 cm³/mol. The molecule has 3 N–H and O–H groups in total. The molecule has 2 rings (SSSR count). The molecule has 118 valence electrons. The zero-order valence-electron chi connectivity index (χ0n) is 12.3. The van der Waals surface area contributed by atoms with Crippen molar-refractivity contribution in [1.29, 1.82) is 0 Å². The van der Waals surface area contributed by atoms with Gasteiger partial charge < -0.3 is 11.1 Å². The van der Waals surface area contributed by atoms with E-state index in [9.17, 15) is 4.79 Å². The van der Waals surface area contributed by atoms with Crippen molar-refractivity contribution >= 4 is 35.8 Å². The molecular formula is C16H25ClN2OS. The third-order valence-electron chi connectivity index (χ3n) is 3.61. The summed E-state index contributed by atoms with van der Waals surface area (Å²) in [6.45, 7) is 0.561. The van der Waals surface area contributed by atoms with Crippen LogP contribution in [-0.4, -0.2) is 17.7 Å². The maximum absolute atomic E-state index is 11.7. The molecule has 1 saturated carbocycles. The Kier molecular flexibility index (Phi) is 8.81. The molecule has 0 unspecified atom stereocenters. The van der Waals surface area contributed by atoms with Crippen molar-refractivity contribution in [2.45, 2.75) is 49.5 Å². The second kappa shape index (κ2) is 10.1. The molecule has 0 saturated heterocycles. The number of amides is 1. The van der Waals surface area contributed by atoms with Crippen LogP contribution in [0, 0.1) is 0 Å². The van der Waals surface area contributed by atoms with E-state index < -0.39 is 0 Å². The molecule has 0 aromatic heterocycles. The highest BCUT2D eigenvalue weighted by Gasteiger charge is 2.15. The van der Waals surface area contributed by atoms with E-state index in [0.29, 0.717) is 13.0 Å². The lowest BCUT2D eigenvalue weighted by Crippen LogP contribution is -2.13. The summed E-state index contributed by atoms with van der Waals surface area (Å²) in [4.78, 5) is 11.7. The first-order valence-electron chi connectivity index (χ1n) is 7.48. The number of halogens is 1. The second-order valence-corrected chi connectivity index (χ2v) is 6.65. The van der Waals surface area contributed by atoms with E-state index >= 15 is 0 Å². The van der Waals surface area contributed by atoms with E-state index in [1.807, 2.05) is 23.9 Å². The highest BCUT2D eigenvalue weighted by Crippen LogP contribution is 2.31. The van der Waals surface area contributed by atoms with Gasteiger partial charge in [0.1, 0.15) is 0 Å². The lowest BCUT2D eigenvalue weighted by Gasteiger charge is -2.10. The Balaban J connectivity index is 0.00000220.